The van der Waals surface area contributed by atoms with Gasteiger partial charge in [0.2, 0.25) is 5.91 Å². The summed E-state index contributed by atoms with van der Waals surface area (Å²) in [6.07, 6.45) is 3.74. The van der Waals surface area contributed by atoms with Crippen LogP contribution in [-0.2, 0) is 16.1 Å². The summed E-state index contributed by atoms with van der Waals surface area (Å²) in [5.74, 6) is -0.0553. The highest BCUT2D eigenvalue weighted by molar-refractivity contribution is 5.85. The van der Waals surface area contributed by atoms with Crippen LogP contribution in [0.1, 0.15) is 24.8 Å². The molecule has 0 bridgehead atoms. The van der Waals surface area contributed by atoms with E-state index in [1.165, 1.54) is 10.9 Å². The number of carbonyl (C=O) groups is 1. The molecule has 1 aromatic heterocycles. The van der Waals surface area contributed by atoms with Crippen molar-refractivity contribution >= 4 is 29.2 Å². The molecule has 3 rings (SSSR count). The largest absolute Gasteiger partial charge is 0.384 e. The quantitative estimate of drug-likeness (QED) is 0.727. The minimum atomic E-state index is -0.106. The highest BCUT2D eigenvalue weighted by Crippen LogP contribution is 2.28. The van der Waals surface area contributed by atoms with E-state index in [2.05, 4.69) is 15.6 Å². The number of para-hydroxylation sites is 1. The number of hydrogen-bond donors (Lipinski definition) is 2. The van der Waals surface area contributed by atoms with E-state index in [1.807, 2.05) is 19.1 Å². The van der Waals surface area contributed by atoms with Gasteiger partial charge < -0.3 is 15.4 Å². The first-order valence-electron chi connectivity index (χ1n) is 9.46. The van der Waals surface area contributed by atoms with Crippen molar-refractivity contribution in [1.82, 2.24) is 20.2 Å². The molecule has 1 amide bonds. The van der Waals surface area contributed by atoms with E-state index in [9.17, 15) is 9.59 Å². The minimum absolute atomic E-state index is 0. The molecular formula is C20H29ClN4O3. The molecule has 0 spiro atoms. The number of ether oxygens (including phenoxy) is 1. The second-order valence-electron chi connectivity index (χ2n) is 7.42. The lowest BCUT2D eigenvalue weighted by Gasteiger charge is -2.37. The zero-order chi connectivity index (χ0) is 19.3. The monoisotopic (exact) mass is 408 g/mol. The molecule has 2 heterocycles. The molecule has 154 valence electrons. The Balaban J connectivity index is 0.00000280. The number of aromatic nitrogens is 2. The average Bonchev–Trinajstić information content (AvgIpc) is 2.67. The van der Waals surface area contributed by atoms with Crippen LogP contribution in [0.5, 0.6) is 0 Å². The summed E-state index contributed by atoms with van der Waals surface area (Å²) in [6.45, 7) is 5.38. The summed E-state index contributed by atoms with van der Waals surface area (Å²) in [7, 11) is 1.70. The Bertz CT molecular complexity index is 857. The third-order valence-corrected chi connectivity index (χ3v) is 5.41. The normalized spacial score (nSPS) is 15.8. The number of rotatable bonds is 7. The Morgan fingerprint density at radius 3 is 2.82 bits per heavy atom. The molecule has 8 heteroatoms. The van der Waals surface area contributed by atoms with Gasteiger partial charge in [-0.3, -0.25) is 14.2 Å². The Hall–Kier alpha value is -1.96. The van der Waals surface area contributed by atoms with Gasteiger partial charge in [-0.15, -0.1) is 12.4 Å². The third-order valence-electron chi connectivity index (χ3n) is 5.41. The van der Waals surface area contributed by atoms with Crippen molar-refractivity contribution in [3.05, 3.63) is 40.4 Å². The average molecular weight is 409 g/mol. The van der Waals surface area contributed by atoms with Crippen molar-refractivity contribution in [2.45, 2.75) is 32.7 Å². The van der Waals surface area contributed by atoms with Crippen LogP contribution in [0.4, 0.5) is 0 Å². The number of fused-ring (bicyclic) bond motifs is 1. The van der Waals surface area contributed by atoms with Crippen LogP contribution in [0.15, 0.2) is 29.3 Å². The van der Waals surface area contributed by atoms with Gasteiger partial charge in [0.1, 0.15) is 0 Å². The van der Waals surface area contributed by atoms with Crippen LogP contribution >= 0.6 is 12.4 Å². The Kier molecular flexibility index (Phi) is 7.98. The van der Waals surface area contributed by atoms with Crippen molar-refractivity contribution in [3.8, 4) is 0 Å². The molecule has 1 aromatic carbocycles. The van der Waals surface area contributed by atoms with Crippen LogP contribution in [0.3, 0.4) is 0 Å². The van der Waals surface area contributed by atoms with Gasteiger partial charge in [-0.25, -0.2) is 4.98 Å². The molecule has 28 heavy (non-hydrogen) atoms. The lowest BCUT2D eigenvalue weighted by atomic mass is 9.79. The van der Waals surface area contributed by atoms with Gasteiger partial charge in [-0.1, -0.05) is 12.1 Å². The number of carbonyl (C=O) groups excluding carboxylic acids is 1. The van der Waals surface area contributed by atoms with Crippen molar-refractivity contribution in [1.29, 1.82) is 0 Å². The number of piperidine rings is 1. The second-order valence-corrected chi connectivity index (χ2v) is 7.42. The van der Waals surface area contributed by atoms with Crippen molar-refractivity contribution in [2.75, 3.05) is 33.4 Å². The van der Waals surface area contributed by atoms with Gasteiger partial charge in [0.05, 0.1) is 23.8 Å². The summed E-state index contributed by atoms with van der Waals surface area (Å²) in [5, 5.41) is 6.96. The number of nitrogens with zero attached hydrogens (tertiary/aromatic N) is 2. The van der Waals surface area contributed by atoms with Gasteiger partial charge >= 0.3 is 0 Å². The molecule has 7 nitrogen and oxygen atoms in total. The fraction of sp³-hybridized carbons (Fsp3) is 0.550. The maximum Gasteiger partial charge on any atom is 0.261 e. The maximum atomic E-state index is 12.6. The molecule has 2 N–H and O–H groups in total. The van der Waals surface area contributed by atoms with Gasteiger partial charge in [0.15, 0.2) is 0 Å². The number of benzene rings is 1. The molecule has 0 saturated carbocycles. The molecule has 0 radical (unpaired) electrons. The zero-order valence-electron chi connectivity index (χ0n) is 16.5. The first kappa shape index (κ1) is 22.3. The number of hydrogen-bond acceptors (Lipinski definition) is 5. The maximum absolute atomic E-state index is 12.6. The van der Waals surface area contributed by atoms with Crippen LogP contribution in [0.25, 0.3) is 10.9 Å². The van der Waals surface area contributed by atoms with E-state index in [0.717, 1.165) is 37.0 Å². The molecule has 1 saturated heterocycles. The number of amides is 1. The Morgan fingerprint density at radius 2 is 2.11 bits per heavy atom. The lowest BCUT2D eigenvalue weighted by molar-refractivity contribution is -0.122. The highest BCUT2D eigenvalue weighted by Gasteiger charge is 2.32. The molecule has 0 atom stereocenters. The van der Waals surface area contributed by atoms with Crippen molar-refractivity contribution in [2.24, 2.45) is 5.41 Å². The molecule has 2 aromatic rings. The summed E-state index contributed by atoms with van der Waals surface area (Å²) >= 11 is 0. The lowest BCUT2D eigenvalue weighted by Crippen LogP contribution is -2.47. The molecule has 1 fully saturated rings. The van der Waals surface area contributed by atoms with E-state index in [4.69, 9.17) is 4.74 Å². The summed E-state index contributed by atoms with van der Waals surface area (Å²) in [5.41, 5.74) is 1.58. The fourth-order valence-corrected chi connectivity index (χ4v) is 3.73. The first-order valence-corrected chi connectivity index (χ1v) is 9.46. The van der Waals surface area contributed by atoms with Gasteiger partial charge in [0.25, 0.3) is 5.56 Å². The van der Waals surface area contributed by atoms with Crippen LogP contribution < -0.4 is 16.2 Å². The van der Waals surface area contributed by atoms with Crippen molar-refractivity contribution < 1.29 is 9.53 Å². The second kappa shape index (κ2) is 10.0. The van der Waals surface area contributed by atoms with Crippen LogP contribution in [0, 0.1) is 12.3 Å². The summed E-state index contributed by atoms with van der Waals surface area (Å²) in [6, 6.07) is 5.56. The fourth-order valence-electron chi connectivity index (χ4n) is 3.73. The van der Waals surface area contributed by atoms with E-state index in [-0.39, 0.29) is 35.7 Å². The third kappa shape index (κ3) is 5.10. The molecule has 0 unspecified atom stereocenters. The summed E-state index contributed by atoms with van der Waals surface area (Å²) < 4.78 is 6.89. The van der Waals surface area contributed by atoms with Crippen molar-refractivity contribution in [3.63, 3.8) is 0 Å². The van der Waals surface area contributed by atoms with Crippen LogP contribution in [0.2, 0.25) is 0 Å². The smallest absolute Gasteiger partial charge is 0.261 e. The van der Waals surface area contributed by atoms with E-state index >= 15 is 0 Å². The zero-order valence-corrected chi connectivity index (χ0v) is 17.3. The van der Waals surface area contributed by atoms with E-state index in [0.29, 0.717) is 25.1 Å². The standard InChI is InChI=1S/C20H28N4O3.ClH/c1-15-4-3-5-16-18(15)23-14-24(19(16)26)11-6-17(25)22-12-20(13-27-2)7-9-21-10-8-20;/h3-5,14,21H,6-13H2,1-2H3,(H,22,25);1H. The van der Waals surface area contributed by atoms with Gasteiger partial charge in [-0.05, 0) is 44.5 Å². The first-order chi connectivity index (χ1) is 13.0. The number of aryl methyl sites for hydroxylation is 2. The topological polar surface area (TPSA) is 85.2 Å². The van der Waals surface area contributed by atoms with Gasteiger partial charge in [-0.2, -0.15) is 0 Å². The Labute approximate surface area is 171 Å². The predicted octanol–water partition coefficient (Wildman–Crippen LogP) is 1.65. The predicted molar refractivity (Wildman–Crippen MR) is 112 cm³/mol. The van der Waals surface area contributed by atoms with Crippen LogP contribution in [-0.4, -0.2) is 48.8 Å². The van der Waals surface area contributed by atoms with E-state index in [1.54, 1.807) is 13.2 Å². The molecule has 1 aliphatic rings. The van der Waals surface area contributed by atoms with E-state index < -0.39 is 0 Å². The minimum Gasteiger partial charge on any atom is -0.384 e. The number of halogens is 1. The number of nitrogens with one attached hydrogen (secondary N) is 2. The number of methoxy groups -OCH3 is 1. The molecular weight excluding hydrogens is 380 g/mol. The highest BCUT2D eigenvalue weighted by atomic mass is 35.5. The molecule has 0 aliphatic carbocycles. The van der Waals surface area contributed by atoms with Gasteiger partial charge in [0, 0.05) is 32.0 Å². The molecule has 1 aliphatic heterocycles. The Morgan fingerprint density at radius 1 is 1.36 bits per heavy atom. The SMILES string of the molecule is COCC1(CNC(=O)CCn2cnc3c(C)cccc3c2=O)CCNCC1.Cl. The summed E-state index contributed by atoms with van der Waals surface area (Å²) in [4.78, 5) is 29.3.